The normalized spacial score (nSPS) is 17.9. The van der Waals surface area contributed by atoms with E-state index in [9.17, 15) is 32.3 Å². The average Bonchev–Trinajstić information content (AvgIpc) is 3.25. The van der Waals surface area contributed by atoms with Gasteiger partial charge in [-0.15, -0.1) is 0 Å². The molecule has 0 aromatic heterocycles. The maximum absolute atomic E-state index is 13.3. The van der Waals surface area contributed by atoms with Crippen molar-refractivity contribution in [1.29, 1.82) is 0 Å². The van der Waals surface area contributed by atoms with Crippen molar-refractivity contribution in [3.8, 4) is 0 Å². The van der Waals surface area contributed by atoms with Gasteiger partial charge in [-0.1, -0.05) is 44.2 Å². The number of hydrogen-bond donors (Lipinski definition) is 2. The molecule has 1 aliphatic rings. The number of amides is 3. The summed E-state index contributed by atoms with van der Waals surface area (Å²) in [6.07, 6.45) is -5.63. The lowest BCUT2D eigenvalue weighted by Crippen LogP contribution is -2.57. The highest BCUT2D eigenvalue weighted by Crippen LogP contribution is 2.23. The van der Waals surface area contributed by atoms with E-state index in [2.05, 4.69) is 10.6 Å². The monoisotopic (exact) mass is 513 g/mol. The van der Waals surface area contributed by atoms with Crippen LogP contribution in [0.2, 0.25) is 0 Å². The van der Waals surface area contributed by atoms with E-state index in [-0.39, 0.29) is 25.3 Å². The van der Waals surface area contributed by atoms with Crippen molar-refractivity contribution >= 4 is 23.7 Å². The minimum absolute atomic E-state index is 0.187. The highest BCUT2D eigenvalue weighted by Gasteiger charge is 2.46. The number of hydrogen-bond acceptors (Lipinski definition) is 5. The summed E-state index contributed by atoms with van der Waals surface area (Å²) in [6, 6.07) is 4.12. The summed E-state index contributed by atoms with van der Waals surface area (Å²) in [6.45, 7) is 8.63. The predicted octanol–water partition coefficient (Wildman–Crippen LogP) is 3.39. The number of ether oxygens (including phenoxy) is 1. The fourth-order valence-electron chi connectivity index (χ4n) is 3.95. The second-order valence-corrected chi connectivity index (χ2v) is 10.2. The number of benzene rings is 1. The van der Waals surface area contributed by atoms with Crippen molar-refractivity contribution in [3.05, 3.63) is 35.9 Å². The minimum Gasteiger partial charge on any atom is -0.444 e. The number of carbonyl (C=O) groups excluding carboxylic acids is 4. The van der Waals surface area contributed by atoms with Crippen LogP contribution in [0.3, 0.4) is 0 Å². The van der Waals surface area contributed by atoms with Crippen LogP contribution in [0, 0.1) is 5.92 Å². The highest BCUT2D eigenvalue weighted by molar-refractivity contribution is 5.96. The second-order valence-electron chi connectivity index (χ2n) is 10.2. The molecule has 3 atom stereocenters. The van der Waals surface area contributed by atoms with Gasteiger partial charge in [0.1, 0.15) is 23.7 Å². The summed E-state index contributed by atoms with van der Waals surface area (Å²) in [5, 5.41) is 4.76. The fourth-order valence-corrected chi connectivity index (χ4v) is 3.95. The molecule has 200 valence electrons. The first-order chi connectivity index (χ1) is 16.6. The molecule has 8 nitrogen and oxygen atoms in total. The van der Waals surface area contributed by atoms with Crippen LogP contribution in [0.5, 0.6) is 0 Å². The van der Waals surface area contributed by atoms with E-state index in [1.54, 1.807) is 65.0 Å². The number of likely N-dealkylation sites (tertiary alicyclic amines) is 1. The molecule has 2 N–H and O–H groups in total. The molecule has 1 aliphatic heterocycles. The Hall–Kier alpha value is -3.11. The SMILES string of the molecule is CC(C)C(NC(=O)OC(C)(C)C)C(=O)N1CCCC1C(=O)NC(Cc1ccccc1)C(=O)C(F)(F)F. The summed E-state index contributed by atoms with van der Waals surface area (Å²) in [4.78, 5) is 52.0. The van der Waals surface area contributed by atoms with Gasteiger partial charge in [0.05, 0.1) is 0 Å². The molecule has 0 radical (unpaired) electrons. The van der Waals surface area contributed by atoms with E-state index < -0.39 is 53.6 Å². The van der Waals surface area contributed by atoms with Gasteiger partial charge in [-0.2, -0.15) is 13.2 Å². The van der Waals surface area contributed by atoms with E-state index in [0.717, 1.165) is 0 Å². The number of ketones is 1. The third-order valence-corrected chi connectivity index (χ3v) is 5.64. The molecule has 11 heteroatoms. The van der Waals surface area contributed by atoms with Gasteiger partial charge in [-0.05, 0) is 45.1 Å². The van der Waals surface area contributed by atoms with Crippen molar-refractivity contribution in [3.63, 3.8) is 0 Å². The highest BCUT2D eigenvalue weighted by atomic mass is 19.4. The largest absolute Gasteiger partial charge is 0.452 e. The molecule has 0 spiro atoms. The minimum atomic E-state index is -5.14. The fraction of sp³-hybridized carbons (Fsp3) is 0.600. The molecule has 0 saturated carbocycles. The van der Waals surface area contributed by atoms with Crippen molar-refractivity contribution in [2.24, 2.45) is 5.92 Å². The van der Waals surface area contributed by atoms with Crippen molar-refractivity contribution < 1.29 is 37.1 Å². The molecule has 1 fully saturated rings. The van der Waals surface area contributed by atoms with Crippen LogP contribution in [-0.4, -0.2) is 65.0 Å². The average molecular weight is 514 g/mol. The van der Waals surface area contributed by atoms with Crippen molar-refractivity contribution in [2.75, 3.05) is 6.54 Å². The van der Waals surface area contributed by atoms with Gasteiger partial charge in [-0.25, -0.2) is 4.79 Å². The maximum Gasteiger partial charge on any atom is 0.452 e. The number of nitrogens with zero attached hydrogens (tertiary/aromatic N) is 1. The van der Waals surface area contributed by atoms with Gasteiger partial charge in [0.15, 0.2) is 0 Å². The van der Waals surface area contributed by atoms with Crippen LogP contribution in [0.15, 0.2) is 30.3 Å². The van der Waals surface area contributed by atoms with Gasteiger partial charge >= 0.3 is 12.3 Å². The lowest BCUT2D eigenvalue weighted by molar-refractivity contribution is -0.173. The molecule has 2 rings (SSSR count). The maximum atomic E-state index is 13.3. The lowest BCUT2D eigenvalue weighted by Gasteiger charge is -2.31. The molecule has 3 unspecified atom stereocenters. The zero-order valence-corrected chi connectivity index (χ0v) is 21.1. The molecule has 0 bridgehead atoms. The number of alkyl carbamates (subject to hydrolysis) is 1. The third-order valence-electron chi connectivity index (χ3n) is 5.64. The van der Waals surface area contributed by atoms with Crippen molar-refractivity contribution in [1.82, 2.24) is 15.5 Å². The number of carbonyl (C=O) groups is 4. The Balaban J connectivity index is 2.19. The van der Waals surface area contributed by atoms with Crippen LogP contribution in [0.25, 0.3) is 0 Å². The van der Waals surface area contributed by atoms with Crippen LogP contribution in [0.1, 0.15) is 53.0 Å². The van der Waals surface area contributed by atoms with Gasteiger partial charge in [0.25, 0.3) is 5.78 Å². The van der Waals surface area contributed by atoms with E-state index in [0.29, 0.717) is 12.0 Å². The second kappa shape index (κ2) is 11.7. The Morgan fingerprint density at radius 1 is 1.06 bits per heavy atom. The Kier molecular flexibility index (Phi) is 9.51. The quantitative estimate of drug-likeness (QED) is 0.555. The molecule has 0 aliphatic carbocycles. The summed E-state index contributed by atoms with van der Waals surface area (Å²) in [7, 11) is 0. The van der Waals surface area contributed by atoms with Crippen LogP contribution >= 0.6 is 0 Å². The number of rotatable bonds is 8. The number of alkyl halides is 3. The number of nitrogens with one attached hydrogen (secondary N) is 2. The Labute approximate surface area is 208 Å². The first-order valence-electron chi connectivity index (χ1n) is 11.9. The molecule has 1 saturated heterocycles. The smallest absolute Gasteiger partial charge is 0.444 e. The van der Waals surface area contributed by atoms with Crippen LogP contribution in [-0.2, 0) is 25.5 Å². The Morgan fingerprint density at radius 2 is 1.67 bits per heavy atom. The zero-order valence-electron chi connectivity index (χ0n) is 21.1. The summed E-state index contributed by atoms with van der Waals surface area (Å²) < 4.78 is 45.0. The summed E-state index contributed by atoms with van der Waals surface area (Å²) >= 11 is 0. The van der Waals surface area contributed by atoms with Crippen LogP contribution < -0.4 is 10.6 Å². The first-order valence-corrected chi connectivity index (χ1v) is 11.9. The molecule has 1 heterocycles. The number of Topliss-reactive ketones (excluding diaryl/α,β-unsaturated/α-hetero) is 1. The standard InChI is InChI=1S/C25H34F3N3O5/c1-15(2)19(30-23(35)36-24(3,4)5)22(34)31-13-9-12-18(31)21(33)29-17(20(32)25(26,27)28)14-16-10-7-6-8-11-16/h6-8,10-11,15,17-19H,9,12-14H2,1-5H3,(H,29,33)(H,30,35). The van der Waals surface area contributed by atoms with E-state index in [1.807, 2.05) is 0 Å². The lowest BCUT2D eigenvalue weighted by atomic mass is 10.0. The van der Waals surface area contributed by atoms with Gasteiger partial charge in [0.2, 0.25) is 11.8 Å². The third kappa shape index (κ3) is 8.23. The van der Waals surface area contributed by atoms with Gasteiger partial charge in [0, 0.05) is 13.0 Å². The first kappa shape index (κ1) is 29.1. The van der Waals surface area contributed by atoms with Crippen LogP contribution in [0.4, 0.5) is 18.0 Å². The summed E-state index contributed by atoms with van der Waals surface area (Å²) in [5.74, 6) is -3.82. The molecule has 1 aromatic carbocycles. The van der Waals surface area contributed by atoms with Crippen molar-refractivity contribution in [2.45, 2.75) is 83.8 Å². The predicted molar refractivity (Wildman–Crippen MR) is 126 cm³/mol. The summed E-state index contributed by atoms with van der Waals surface area (Å²) in [5.41, 5.74) is -0.343. The van der Waals surface area contributed by atoms with E-state index in [4.69, 9.17) is 4.74 Å². The topological polar surface area (TPSA) is 105 Å². The van der Waals surface area contributed by atoms with Gasteiger partial charge in [-0.3, -0.25) is 14.4 Å². The van der Waals surface area contributed by atoms with E-state index >= 15 is 0 Å². The molecule has 36 heavy (non-hydrogen) atoms. The molecular formula is C25H34F3N3O5. The molecule has 1 aromatic rings. The Bertz CT molecular complexity index is 944. The zero-order chi connectivity index (χ0) is 27.3. The van der Waals surface area contributed by atoms with E-state index in [1.165, 1.54) is 4.90 Å². The van der Waals surface area contributed by atoms with Gasteiger partial charge < -0.3 is 20.3 Å². The molecular weight excluding hydrogens is 479 g/mol. The molecule has 3 amide bonds. The Morgan fingerprint density at radius 3 is 2.19 bits per heavy atom. The number of halogens is 3.